The molecule has 0 unspecified atom stereocenters. The Hall–Kier alpha value is -4.27. The molecular formula is C32H37FN4O4. The van der Waals surface area contributed by atoms with E-state index in [1.54, 1.807) is 54.7 Å². The number of pyridine rings is 1. The third-order valence-corrected chi connectivity index (χ3v) is 7.07. The van der Waals surface area contributed by atoms with Gasteiger partial charge in [-0.2, -0.15) is 0 Å². The lowest BCUT2D eigenvalue weighted by atomic mass is 9.94. The number of amides is 3. The van der Waals surface area contributed by atoms with E-state index in [2.05, 4.69) is 15.6 Å². The summed E-state index contributed by atoms with van der Waals surface area (Å²) in [6.07, 6.45) is 6.69. The molecule has 1 aliphatic carbocycles. The summed E-state index contributed by atoms with van der Waals surface area (Å²) in [7, 11) is 0. The molecule has 3 aromatic rings. The maximum atomic E-state index is 15.2. The van der Waals surface area contributed by atoms with Gasteiger partial charge in [-0.25, -0.2) is 9.37 Å². The normalized spacial score (nSPS) is 14.1. The molecule has 1 heterocycles. The van der Waals surface area contributed by atoms with Gasteiger partial charge in [0.25, 0.3) is 0 Å². The third kappa shape index (κ3) is 8.36. The number of ether oxygens (including phenoxy) is 1. The molecular weight excluding hydrogens is 523 g/mol. The molecule has 41 heavy (non-hydrogen) atoms. The zero-order valence-electron chi connectivity index (χ0n) is 23.4. The maximum Gasteiger partial charge on any atom is 0.248 e. The summed E-state index contributed by atoms with van der Waals surface area (Å²) in [6, 6.07) is 17.0. The monoisotopic (exact) mass is 560 g/mol. The molecule has 1 saturated carbocycles. The molecule has 216 valence electrons. The van der Waals surface area contributed by atoms with Crippen LogP contribution in [-0.4, -0.2) is 35.4 Å². The molecule has 1 atom stereocenters. The predicted molar refractivity (Wildman–Crippen MR) is 156 cm³/mol. The van der Waals surface area contributed by atoms with E-state index in [4.69, 9.17) is 4.74 Å². The van der Waals surface area contributed by atoms with Crippen molar-refractivity contribution in [2.45, 2.75) is 70.4 Å². The van der Waals surface area contributed by atoms with E-state index in [9.17, 15) is 14.4 Å². The largest absolute Gasteiger partial charge is 0.494 e. The zero-order valence-corrected chi connectivity index (χ0v) is 23.4. The molecule has 1 fully saturated rings. The molecule has 0 aliphatic heterocycles. The predicted octanol–water partition coefficient (Wildman–Crippen LogP) is 5.95. The highest BCUT2D eigenvalue weighted by molar-refractivity contribution is 6.01. The Labute approximate surface area is 240 Å². The number of hydrogen-bond donors (Lipinski definition) is 2. The lowest BCUT2D eigenvalue weighted by Gasteiger charge is -2.33. The molecule has 2 N–H and O–H groups in total. The van der Waals surface area contributed by atoms with E-state index < -0.39 is 17.8 Å². The van der Waals surface area contributed by atoms with Gasteiger partial charge >= 0.3 is 0 Å². The van der Waals surface area contributed by atoms with Crippen LogP contribution in [0.2, 0.25) is 0 Å². The standard InChI is InChI=1S/C32H37FN4O4/c1-2-41-25-20-18-23(19-21-25)31(32(40)35-24-11-4-3-5-12-24)37(27-14-7-6-13-26(27)33)30(39)17-10-16-29(38)36-28-15-8-9-22-34-28/h6-9,13-15,18-22,24,31H,2-5,10-12,16-17H2,1H3,(H,35,40)(H,34,36,38)/t31-/m1/s1. The number of rotatable bonds is 12. The van der Waals surface area contributed by atoms with Crippen LogP contribution in [0.3, 0.4) is 0 Å². The number of carbonyl (C=O) groups excluding carboxylic acids is 3. The highest BCUT2D eigenvalue weighted by Crippen LogP contribution is 2.32. The SMILES string of the molecule is CCOc1ccc([C@H](C(=O)NC2CCCCC2)N(C(=O)CCCC(=O)Nc2ccccn2)c2ccccc2F)cc1. The molecule has 4 rings (SSSR count). The molecule has 0 spiro atoms. The summed E-state index contributed by atoms with van der Waals surface area (Å²) < 4.78 is 20.8. The number of benzene rings is 2. The Kier molecular flexibility index (Phi) is 10.8. The van der Waals surface area contributed by atoms with Crippen molar-refractivity contribution < 1.29 is 23.5 Å². The topological polar surface area (TPSA) is 101 Å². The first-order valence-corrected chi connectivity index (χ1v) is 14.3. The second-order valence-electron chi connectivity index (χ2n) is 10.1. The van der Waals surface area contributed by atoms with Crippen LogP contribution in [-0.2, 0) is 14.4 Å². The van der Waals surface area contributed by atoms with E-state index in [-0.39, 0.29) is 42.8 Å². The number of aromatic nitrogens is 1. The van der Waals surface area contributed by atoms with Gasteiger partial charge in [-0.05, 0) is 68.1 Å². The van der Waals surface area contributed by atoms with E-state index in [0.717, 1.165) is 32.1 Å². The summed E-state index contributed by atoms with van der Waals surface area (Å²) in [4.78, 5) is 45.5. The minimum Gasteiger partial charge on any atom is -0.494 e. The Balaban J connectivity index is 1.59. The quantitative estimate of drug-likeness (QED) is 0.285. The van der Waals surface area contributed by atoms with Gasteiger partial charge in [0.2, 0.25) is 17.7 Å². The highest BCUT2D eigenvalue weighted by atomic mass is 19.1. The van der Waals surface area contributed by atoms with Crippen LogP contribution in [0.15, 0.2) is 72.9 Å². The van der Waals surface area contributed by atoms with Crippen molar-refractivity contribution in [3.63, 3.8) is 0 Å². The van der Waals surface area contributed by atoms with E-state index >= 15 is 4.39 Å². The first-order chi connectivity index (χ1) is 20.0. The Bertz CT molecular complexity index is 1300. The van der Waals surface area contributed by atoms with Gasteiger partial charge in [0.15, 0.2) is 0 Å². The van der Waals surface area contributed by atoms with E-state index in [1.165, 1.54) is 23.1 Å². The highest BCUT2D eigenvalue weighted by Gasteiger charge is 2.35. The van der Waals surface area contributed by atoms with Crippen molar-refractivity contribution in [2.24, 2.45) is 0 Å². The van der Waals surface area contributed by atoms with Crippen molar-refractivity contribution in [1.82, 2.24) is 10.3 Å². The van der Waals surface area contributed by atoms with Gasteiger partial charge in [0.05, 0.1) is 12.3 Å². The smallest absolute Gasteiger partial charge is 0.248 e. The number of anilines is 2. The van der Waals surface area contributed by atoms with E-state index in [1.807, 2.05) is 6.92 Å². The fourth-order valence-corrected chi connectivity index (χ4v) is 5.08. The summed E-state index contributed by atoms with van der Waals surface area (Å²) in [6.45, 7) is 2.36. The van der Waals surface area contributed by atoms with Crippen molar-refractivity contribution in [3.05, 3.63) is 84.3 Å². The third-order valence-electron chi connectivity index (χ3n) is 7.07. The first kappa shape index (κ1) is 29.7. The van der Waals surface area contributed by atoms with E-state index in [0.29, 0.717) is 23.7 Å². The number of carbonyl (C=O) groups is 3. The van der Waals surface area contributed by atoms with Crippen molar-refractivity contribution >= 4 is 29.2 Å². The summed E-state index contributed by atoms with van der Waals surface area (Å²) in [5.74, 6) is -0.678. The molecule has 2 aromatic carbocycles. The maximum absolute atomic E-state index is 15.2. The Morgan fingerprint density at radius 2 is 1.71 bits per heavy atom. The molecule has 8 nitrogen and oxygen atoms in total. The zero-order chi connectivity index (χ0) is 29.0. The second-order valence-corrected chi connectivity index (χ2v) is 10.1. The molecule has 0 saturated heterocycles. The lowest BCUT2D eigenvalue weighted by Crippen LogP contribution is -2.47. The molecule has 3 amide bonds. The first-order valence-electron chi connectivity index (χ1n) is 14.3. The molecule has 0 bridgehead atoms. The number of nitrogens with one attached hydrogen (secondary N) is 2. The van der Waals surface area contributed by atoms with Crippen LogP contribution in [0.5, 0.6) is 5.75 Å². The van der Waals surface area contributed by atoms with Crippen molar-refractivity contribution in [3.8, 4) is 5.75 Å². The average molecular weight is 561 g/mol. The number of hydrogen-bond acceptors (Lipinski definition) is 5. The Morgan fingerprint density at radius 3 is 2.39 bits per heavy atom. The number of nitrogens with zero attached hydrogens (tertiary/aromatic N) is 2. The summed E-state index contributed by atoms with van der Waals surface area (Å²) in [5.41, 5.74) is 0.541. The average Bonchev–Trinajstić information content (AvgIpc) is 2.98. The number of para-hydroxylation sites is 1. The minimum atomic E-state index is -1.11. The molecule has 9 heteroatoms. The van der Waals surface area contributed by atoms with Crippen LogP contribution < -0.4 is 20.3 Å². The second kappa shape index (κ2) is 14.9. The van der Waals surface area contributed by atoms with Crippen LogP contribution >= 0.6 is 0 Å². The van der Waals surface area contributed by atoms with Crippen LogP contribution in [0, 0.1) is 5.82 Å². The summed E-state index contributed by atoms with van der Waals surface area (Å²) >= 11 is 0. The van der Waals surface area contributed by atoms with Crippen LogP contribution in [0.1, 0.15) is 69.9 Å². The molecule has 1 aromatic heterocycles. The van der Waals surface area contributed by atoms with Gasteiger partial charge in [0, 0.05) is 25.1 Å². The summed E-state index contributed by atoms with van der Waals surface area (Å²) in [5, 5.41) is 5.83. The van der Waals surface area contributed by atoms with Gasteiger partial charge < -0.3 is 15.4 Å². The van der Waals surface area contributed by atoms with Gasteiger partial charge in [-0.3, -0.25) is 19.3 Å². The Morgan fingerprint density at radius 1 is 0.976 bits per heavy atom. The molecule has 0 radical (unpaired) electrons. The fourth-order valence-electron chi connectivity index (χ4n) is 5.08. The number of halogens is 1. The van der Waals surface area contributed by atoms with Gasteiger partial charge in [-0.15, -0.1) is 0 Å². The lowest BCUT2D eigenvalue weighted by molar-refractivity contribution is -0.127. The van der Waals surface area contributed by atoms with Gasteiger partial charge in [-0.1, -0.05) is 49.6 Å². The fraction of sp³-hybridized carbons (Fsp3) is 0.375. The van der Waals surface area contributed by atoms with Crippen molar-refractivity contribution in [1.29, 1.82) is 0 Å². The van der Waals surface area contributed by atoms with Gasteiger partial charge in [0.1, 0.15) is 23.4 Å². The minimum absolute atomic E-state index is 0.00527. The van der Waals surface area contributed by atoms with Crippen LogP contribution in [0.4, 0.5) is 15.9 Å². The van der Waals surface area contributed by atoms with Crippen molar-refractivity contribution in [2.75, 3.05) is 16.8 Å². The molecule has 1 aliphatic rings. The van der Waals surface area contributed by atoms with Crippen LogP contribution in [0.25, 0.3) is 0 Å².